The summed E-state index contributed by atoms with van der Waals surface area (Å²) >= 11 is 0. The zero-order valence-electron chi connectivity index (χ0n) is 10.9. The first kappa shape index (κ1) is 12.3. The van der Waals surface area contributed by atoms with Crippen LogP contribution in [-0.2, 0) is 0 Å². The molecule has 1 aliphatic rings. The van der Waals surface area contributed by atoms with Crippen LogP contribution in [0, 0.1) is 11.8 Å². The van der Waals surface area contributed by atoms with Gasteiger partial charge in [-0.2, -0.15) is 4.57 Å². The molecule has 0 saturated heterocycles. The molecule has 0 N–H and O–H groups in total. The van der Waals surface area contributed by atoms with E-state index in [-0.39, 0.29) is 0 Å². The van der Waals surface area contributed by atoms with Crippen molar-refractivity contribution in [2.45, 2.75) is 45.4 Å². The van der Waals surface area contributed by atoms with Crippen LogP contribution < -0.4 is 4.57 Å². The molecule has 1 nitrogen and oxygen atoms in total. The first-order valence-electron chi connectivity index (χ1n) is 7.02. The van der Waals surface area contributed by atoms with Gasteiger partial charge in [-0.05, 0) is 43.6 Å². The SMILES string of the molecule is CCCC1CCC(C=C[n+]2ccccc2)CC1. The second kappa shape index (κ2) is 6.58. The van der Waals surface area contributed by atoms with Crippen molar-refractivity contribution in [1.29, 1.82) is 0 Å². The number of hydrogen-bond acceptors (Lipinski definition) is 0. The molecule has 1 fully saturated rings. The smallest absolute Gasteiger partial charge is 0.174 e. The van der Waals surface area contributed by atoms with Gasteiger partial charge in [0, 0.05) is 12.1 Å². The van der Waals surface area contributed by atoms with Crippen molar-refractivity contribution >= 4 is 6.20 Å². The highest BCUT2D eigenvalue weighted by Crippen LogP contribution is 2.31. The molecule has 2 rings (SSSR count). The van der Waals surface area contributed by atoms with Crippen molar-refractivity contribution in [3.63, 3.8) is 0 Å². The summed E-state index contributed by atoms with van der Waals surface area (Å²) in [5.74, 6) is 1.81. The topological polar surface area (TPSA) is 3.88 Å². The maximum Gasteiger partial charge on any atom is 0.174 e. The maximum absolute atomic E-state index is 2.39. The van der Waals surface area contributed by atoms with Crippen LogP contribution in [-0.4, -0.2) is 0 Å². The lowest BCUT2D eigenvalue weighted by atomic mass is 9.80. The lowest BCUT2D eigenvalue weighted by Crippen LogP contribution is -2.24. The highest BCUT2D eigenvalue weighted by atomic mass is 14.9. The van der Waals surface area contributed by atoms with Crippen molar-refractivity contribution < 1.29 is 4.57 Å². The standard InChI is InChI=1S/C16H24N/c1-2-6-15-7-9-16(10-8-15)11-14-17-12-4-3-5-13-17/h3-5,11-16H,2,6-10H2,1H3/q+1. The van der Waals surface area contributed by atoms with E-state index in [4.69, 9.17) is 0 Å². The van der Waals surface area contributed by atoms with Crippen molar-refractivity contribution in [3.8, 4) is 0 Å². The first-order valence-corrected chi connectivity index (χ1v) is 7.02. The molecule has 1 heterocycles. The summed E-state index contributed by atoms with van der Waals surface area (Å²) in [6.45, 7) is 2.30. The Morgan fingerprint density at radius 3 is 2.41 bits per heavy atom. The van der Waals surface area contributed by atoms with Gasteiger partial charge in [-0.25, -0.2) is 0 Å². The van der Waals surface area contributed by atoms with Gasteiger partial charge in [-0.15, -0.1) is 0 Å². The zero-order chi connectivity index (χ0) is 11.9. The lowest BCUT2D eigenvalue weighted by molar-refractivity contribution is -0.568. The molecule has 0 unspecified atom stereocenters. The monoisotopic (exact) mass is 230 g/mol. The van der Waals surface area contributed by atoms with E-state index in [2.05, 4.69) is 54.4 Å². The largest absolute Gasteiger partial charge is 0.174 e. The van der Waals surface area contributed by atoms with E-state index >= 15 is 0 Å². The number of allylic oxidation sites excluding steroid dienone is 1. The third-order valence-electron chi connectivity index (χ3n) is 3.86. The van der Waals surface area contributed by atoms with Crippen LogP contribution in [0.2, 0.25) is 0 Å². The highest BCUT2D eigenvalue weighted by molar-refractivity contribution is 5.09. The second-order valence-corrected chi connectivity index (χ2v) is 5.23. The van der Waals surface area contributed by atoms with Gasteiger partial charge >= 0.3 is 0 Å². The van der Waals surface area contributed by atoms with Crippen LogP contribution >= 0.6 is 0 Å². The van der Waals surface area contributed by atoms with E-state index in [0.29, 0.717) is 0 Å². The zero-order valence-corrected chi connectivity index (χ0v) is 10.9. The molecular weight excluding hydrogens is 206 g/mol. The number of nitrogens with zero attached hydrogens (tertiary/aromatic N) is 1. The molecule has 1 aromatic heterocycles. The average Bonchev–Trinajstić information content (AvgIpc) is 2.40. The van der Waals surface area contributed by atoms with E-state index in [1.54, 1.807) is 0 Å². The number of pyridine rings is 1. The molecule has 1 saturated carbocycles. The summed E-state index contributed by atoms with van der Waals surface area (Å²) in [6.07, 6.45) is 17.2. The van der Waals surface area contributed by atoms with Crippen LogP contribution in [0.5, 0.6) is 0 Å². The molecule has 0 radical (unpaired) electrons. The van der Waals surface area contributed by atoms with E-state index in [9.17, 15) is 0 Å². The molecule has 0 aromatic carbocycles. The molecule has 0 aliphatic heterocycles. The second-order valence-electron chi connectivity index (χ2n) is 5.23. The fourth-order valence-electron chi connectivity index (χ4n) is 2.81. The van der Waals surface area contributed by atoms with Crippen molar-refractivity contribution in [3.05, 3.63) is 36.7 Å². The molecule has 1 aliphatic carbocycles. The van der Waals surface area contributed by atoms with Crippen LogP contribution in [0.3, 0.4) is 0 Å². The number of rotatable bonds is 4. The Morgan fingerprint density at radius 2 is 1.76 bits per heavy atom. The van der Waals surface area contributed by atoms with Gasteiger partial charge in [-0.1, -0.05) is 25.8 Å². The minimum Gasteiger partial charge on any atom is -0.174 e. The molecule has 1 heteroatoms. The van der Waals surface area contributed by atoms with Crippen LogP contribution in [0.1, 0.15) is 45.4 Å². The Labute approximate surface area is 105 Å². The quantitative estimate of drug-likeness (QED) is 0.687. The lowest BCUT2D eigenvalue weighted by Gasteiger charge is -2.25. The molecule has 17 heavy (non-hydrogen) atoms. The van der Waals surface area contributed by atoms with Crippen LogP contribution in [0.25, 0.3) is 6.20 Å². The summed E-state index contributed by atoms with van der Waals surface area (Å²) < 4.78 is 2.14. The third-order valence-corrected chi connectivity index (χ3v) is 3.86. The predicted molar refractivity (Wildman–Crippen MR) is 72.3 cm³/mol. The van der Waals surface area contributed by atoms with E-state index < -0.39 is 0 Å². The van der Waals surface area contributed by atoms with Gasteiger partial charge in [-0.3, -0.25) is 0 Å². The van der Waals surface area contributed by atoms with Gasteiger partial charge in [0.1, 0.15) is 0 Å². The molecule has 0 atom stereocenters. The fourth-order valence-corrected chi connectivity index (χ4v) is 2.81. The van der Waals surface area contributed by atoms with E-state index in [1.165, 1.54) is 38.5 Å². The Bertz CT molecular complexity index is 334. The van der Waals surface area contributed by atoms with Crippen LogP contribution in [0.4, 0.5) is 0 Å². The summed E-state index contributed by atoms with van der Waals surface area (Å²) in [6, 6.07) is 6.20. The normalized spacial score (nSPS) is 25.2. The minimum absolute atomic E-state index is 0.802. The van der Waals surface area contributed by atoms with Gasteiger partial charge in [0.2, 0.25) is 0 Å². The van der Waals surface area contributed by atoms with E-state index in [1.807, 2.05) is 0 Å². The Balaban J connectivity index is 1.80. The molecule has 0 amide bonds. The Morgan fingerprint density at radius 1 is 1.06 bits per heavy atom. The highest BCUT2D eigenvalue weighted by Gasteiger charge is 2.18. The van der Waals surface area contributed by atoms with Gasteiger partial charge in [0.25, 0.3) is 0 Å². The predicted octanol–water partition coefficient (Wildman–Crippen LogP) is 4.05. The first-order chi connectivity index (χ1) is 8.38. The molecular formula is C16H24N+. The summed E-state index contributed by atoms with van der Waals surface area (Å²) in [4.78, 5) is 0. The van der Waals surface area contributed by atoms with Crippen molar-refractivity contribution in [2.75, 3.05) is 0 Å². The molecule has 0 spiro atoms. The Hall–Kier alpha value is -1.11. The molecule has 92 valence electrons. The minimum atomic E-state index is 0.802. The van der Waals surface area contributed by atoms with Gasteiger partial charge in [0.05, 0.1) is 0 Å². The third kappa shape index (κ3) is 3.99. The average molecular weight is 230 g/mol. The summed E-state index contributed by atoms with van der Waals surface area (Å²) in [5.41, 5.74) is 0. The van der Waals surface area contributed by atoms with Gasteiger partial charge < -0.3 is 0 Å². The number of hydrogen-bond donors (Lipinski definition) is 0. The summed E-state index contributed by atoms with van der Waals surface area (Å²) in [5, 5.41) is 0. The molecule has 1 aromatic rings. The van der Waals surface area contributed by atoms with Crippen LogP contribution in [0.15, 0.2) is 36.7 Å². The number of aromatic nitrogens is 1. The Kier molecular flexibility index (Phi) is 4.78. The fraction of sp³-hybridized carbons (Fsp3) is 0.562. The summed E-state index contributed by atoms with van der Waals surface area (Å²) in [7, 11) is 0. The molecule has 0 bridgehead atoms. The van der Waals surface area contributed by atoms with Crippen molar-refractivity contribution in [1.82, 2.24) is 0 Å². The van der Waals surface area contributed by atoms with E-state index in [0.717, 1.165) is 11.8 Å². The van der Waals surface area contributed by atoms with Crippen molar-refractivity contribution in [2.24, 2.45) is 11.8 Å². The van der Waals surface area contributed by atoms with Gasteiger partial charge in [0.15, 0.2) is 18.6 Å². The maximum atomic E-state index is 2.39.